The number of aryl methyl sites for hydroxylation is 1. The summed E-state index contributed by atoms with van der Waals surface area (Å²) in [4.78, 5) is 13.1. The number of hydrogen-bond acceptors (Lipinski definition) is 1. The minimum Gasteiger partial charge on any atom is -0.312 e. The molecule has 13 heavy (non-hydrogen) atoms. The standard InChI is InChI=1S/C11H13NO/c1-8-4-3-5-11-10(8)6-7-12(11)9(2)13/h3-5H,6-7H2,1-2H3. The van der Waals surface area contributed by atoms with Gasteiger partial charge in [0.05, 0.1) is 0 Å². The molecule has 1 amide bonds. The van der Waals surface area contributed by atoms with Gasteiger partial charge in [-0.3, -0.25) is 4.79 Å². The lowest BCUT2D eigenvalue weighted by Crippen LogP contribution is -2.25. The molecular weight excluding hydrogens is 162 g/mol. The van der Waals surface area contributed by atoms with Crippen molar-refractivity contribution in [1.82, 2.24) is 0 Å². The fourth-order valence-electron chi connectivity index (χ4n) is 1.94. The number of hydrogen-bond donors (Lipinski definition) is 0. The van der Waals surface area contributed by atoms with E-state index in [-0.39, 0.29) is 5.91 Å². The molecule has 0 atom stereocenters. The predicted molar refractivity (Wildman–Crippen MR) is 52.9 cm³/mol. The second-order valence-electron chi connectivity index (χ2n) is 3.49. The highest BCUT2D eigenvalue weighted by atomic mass is 16.2. The molecule has 1 aromatic carbocycles. The summed E-state index contributed by atoms with van der Waals surface area (Å²) in [5.41, 5.74) is 3.73. The third-order valence-corrected chi connectivity index (χ3v) is 2.64. The monoisotopic (exact) mass is 175 g/mol. The predicted octanol–water partition coefficient (Wildman–Crippen LogP) is 1.90. The second kappa shape index (κ2) is 2.87. The van der Waals surface area contributed by atoms with Crippen LogP contribution in [0.3, 0.4) is 0 Å². The third kappa shape index (κ3) is 1.22. The van der Waals surface area contributed by atoms with Crippen molar-refractivity contribution < 1.29 is 4.79 Å². The van der Waals surface area contributed by atoms with Crippen molar-refractivity contribution in [3.63, 3.8) is 0 Å². The maximum atomic E-state index is 11.2. The minimum atomic E-state index is 0.143. The second-order valence-corrected chi connectivity index (χ2v) is 3.49. The lowest BCUT2D eigenvalue weighted by molar-refractivity contribution is -0.116. The van der Waals surface area contributed by atoms with Gasteiger partial charge in [0.2, 0.25) is 5.91 Å². The van der Waals surface area contributed by atoms with Gasteiger partial charge in [0, 0.05) is 19.2 Å². The zero-order valence-electron chi connectivity index (χ0n) is 8.00. The van der Waals surface area contributed by atoms with Crippen molar-refractivity contribution in [3.05, 3.63) is 29.3 Å². The van der Waals surface area contributed by atoms with Crippen LogP contribution in [-0.4, -0.2) is 12.5 Å². The zero-order valence-corrected chi connectivity index (χ0v) is 8.00. The van der Waals surface area contributed by atoms with Gasteiger partial charge in [-0.25, -0.2) is 0 Å². The Morgan fingerprint density at radius 3 is 2.92 bits per heavy atom. The van der Waals surface area contributed by atoms with Gasteiger partial charge in [0.25, 0.3) is 0 Å². The summed E-state index contributed by atoms with van der Waals surface area (Å²) >= 11 is 0. The summed E-state index contributed by atoms with van der Waals surface area (Å²) in [6, 6.07) is 6.13. The van der Waals surface area contributed by atoms with Crippen LogP contribution in [0.25, 0.3) is 0 Å². The molecule has 0 bridgehead atoms. The Morgan fingerprint density at radius 2 is 2.23 bits per heavy atom. The van der Waals surface area contributed by atoms with Crippen LogP contribution in [0, 0.1) is 6.92 Å². The summed E-state index contributed by atoms with van der Waals surface area (Å²) in [5.74, 6) is 0.143. The van der Waals surface area contributed by atoms with E-state index in [2.05, 4.69) is 13.0 Å². The molecule has 2 nitrogen and oxygen atoms in total. The molecule has 1 aliphatic heterocycles. The molecule has 1 heterocycles. The minimum absolute atomic E-state index is 0.143. The van der Waals surface area contributed by atoms with Crippen LogP contribution >= 0.6 is 0 Å². The maximum Gasteiger partial charge on any atom is 0.223 e. The van der Waals surface area contributed by atoms with E-state index in [1.54, 1.807) is 6.92 Å². The largest absolute Gasteiger partial charge is 0.312 e. The molecule has 2 heteroatoms. The summed E-state index contributed by atoms with van der Waals surface area (Å²) < 4.78 is 0. The van der Waals surface area contributed by atoms with E-state index in [4.69, 9.17) is 0 Å². The van der Waals surface area contributed by atoms with Gasteiger partial charge in [0.15, 0.2) is 0 Å². The van der Waals surface area contributed by atoms with Crippen molar-refractivity contribution in [2.24, 2.45) is 0 Å². The van der Waals surface area contributed by atoms with Gasteiger partial charge in [-0.05, 0) is 30.5 Å². The molecule has 0 unspecified atom stereocenters. The summed E-state index contributed by atoms with van der Waals surface area (Å²) in [5, 5.41) is 0. The van der Waals surface area contributed by atoms with Crippen LogP contribution in [0.15, 0.2) is 18.2 Å². The number of fused-ring (bicyclic) bond motifs is 1. The van der Waals surface area contributed by atoms with Crippen molar-refractivity contribution >= 4 is 11.6 Å². The van der Waals surface area contributed by atoms with Crippen molar-refractivity contribution in [1.29, 1.82) is 0 Å². The Bertz CT molecular complexity index is 357. The van der Waals surface area contributed by atoms with Crippen LogP contribution in [0.4, 0.5) is 5.69 Å². The Balaban J connectivity index is 2.49. The fraction of sp³-hybridized carbons (Fsp3) is 0.364. The normalized spacial score (nSPS) is 14.5. The average molecular weight is 175 g/mol. The molecule has 1 aliphatic rings. The van der Waals surface area contributed by atoms with Crippen molar-refractivity contribution in [3.8, 4) is 0 Å². The zero-order chi connectivity index (χ0) is 9.42. The van der Waals surface area contributed by atoms with E-state index in [0.29, 0.717) is 0 Å². The van der Waals surface area contributed by atoms with E-state index >= 15 is 0 Å². The van der Waals surface area contributed by atoms with Gasteiger partial charge in [-0.1, -0.05) is 12.1 Å². The fourth-order valence-corrected chi connectivity index (χ4v) is 1.94. The Morgan fingerprint density at radius 1 is 1.46 bits per heavy atom. The van der Waals surface area contributed by atoms with Crippen molar-refractivity contribution in [2.75, 3.05) is 11.4 Å². The van der Waals surface area contributed by atoms with Gasteiger partial charge >= 0.3 is 0 Å². The average Bonchev–Trinajstić information content (AvgIpc) is 2.48. The van der Waals surface area contributed by atoms with E-state index < -0.39 is 0 Å². The van der Waals surface area contributed by atoms with E-state index in [1.165, 1.54) is 11.1 Å². The molecule has 0 spiro atoms. The molecule has 2 rings (SSSR count). The van der Waals surface area contributed by atoms with E-state index in [0.717, 1.165) is 18.7 Å². The highest BCUT2D eigenvalue weighted by Crippen LogP contribution is 2.29. The molecule has 0 fully saturated rings. The van der Waals surface area contributed by atoms with Gasteiger partial charge in [-0.2, -0.15) is 0 Å². The highest BCUT2D eigenvalue weighted by Gasteiger charge is 2.22. The van der Waals surface area contributed by atoms with E-state index in [1.807, 2.05) is 17.0 Å². The van der Waals surface area contributed by atoms with Crippen LogP contribution in [0.1, 0.15) is 18.1 Å². The van der Waals surface area contributed by atoms with Crippen LogP contribution in [0.5, 0.6) is 0 Å². The lowest BCUT2D eigenvalue weighted by Gasteiger charge is -2.14. The maximum absolute atomic E-state index is 11.2. The number of amides is 1. The first-order chi connectivity index (χ1) is 6.20. The van der Waals surface area contributed by atoms with Gasteiger partial charge in [0.1, 0.15) is 0 Å². The first-order valence-electron chi connectivity index (χ1n) is 4.57. The number of carbonyl (C=O) groups is 1. The number of benzene rings is 1. The SMILES string of the molecule is CC(=O)N1CCc2c(C)cccc21. The van der Waals surface area contributed by atoms with Crippen LogP contribution < -0.4 is 4.90 Å². The van der Waals surface area contributed by atoms with Crippen molar-refractivity contribution in [2.45, 2.75) is 20.3 Å². The molecule has 0 N–H and O–H groups in total. The van der Waals surface area contributed by atoms with E-state index in [9.17, 15) is 4.79 Å². The first-order valence-corrected chi connectivity index (χ1v) is 4.57. The molecule has 0 saturated carbocycles. The number of anilines is 1. The molecular formula is C11H13NO. The molecule has 0 aromatic heterocycles. The Kier molecular flexibility index (Phi) is 1.83. The topological polar surface area (TPSA) is 20.3 Å². The number of nitrogens with zero attached hydrogens (tertiary/aromatic N) is 1. The van der Waals surface area contributed by atoms with Crippen LogP contribution in [0.2, 0.25) is 0 Å². The van der Waals surface area contributed by atoms with Gasteiger partial charge < -0.3 is 4.90 Å². The number of rotatable bonds is 0. The van der Waals surface area contributed by atoms with Gasteiger partial charge in [-0.15, -0.1) is 0 Å². The van der Waals surface area contributed by atoms with Crippen LogP contribution in [-0.2, 0) is 11.2 Å². The Labute approximate surface area is 78.2 Å². The molecule has 0 radical (unpaired) electrons. The smallest absolute Gasteiger partial charge is 0.223 e. The summed E-state index contributed by atoms with van der Waals surface area (Å²) in [6.45, 7) is 4.56. The molecule has 1 aromatic rings. The molecule has 0 aliphatic carbocycles. The number of carbonyl (C=O) groups excluding carboxylic acids is 1. The summed E-state index contributed by atoms with van der Waals surface area (Å²) in [6.07, 6.45) is 1.00. The third-order valence-electron chi connectivity index (χ3n) is 2.64. The Hall–Kier alpha value is -1.31. The quantitative estimate of drug-likeness (QED) is 0.589. The first kappa shape index (κ1) is 8.30. The summed E-state index contributed by atoms with van der Waals surface area (Å²) in [7, 11) is 0. The molecule has 0 saturated heterocycles. The molecule has 68 valence electrons. The highest BCUT2D eigenvalue weighted by molar-refractivity contribution is 5.93. The lowest BCUT2D eigenvalue weighted by atomic mass is 10.1.